The molecule has 3 amide bonds. The number of carbonyl (C=O) groups is 3. The molecule has 3 aliphatic rings. The Kier molecular flexibility index (Phi) is 9.14. The Morgan fingerprint density at radius 2 is 1.76 bits per heavy atom. The smallest absolute Gasteiger partial charge is 0.248 e. The Bertz CT molecular complexity index is 1150. The van der Waals surface area contributed by atoms with Crippen LogP contribution in [0.15, 0.2) is 55.6 Å². The zero-order valence-corrected chi connectivity index (χ0v) is 25.3. The van der Waals surface area contributed by atoms with Crippen molar-refractivity contribution < 1.29 is 24.2 Å². The molecule has 1 N–H and O–H groups in total. The molecule has 0 radical (unpaired) electrons. The van der Waals surface area contributed by atoms with Gasteiger partial charge < -0.3 is 24.5 Å². The monoisotopic (exact) mass is 565 g/mol. The lowest BCUT2D eigenvalue weighted by atomic mass is 9.64. The van der Waals surface area contributed by atoms with Crippen LogP contribution in [0.2, 0.25) is 0 Å². The van der Waals surface area contributed by atoms with Crippen molar-refractivity contribution in [3.8, 4) is 0 Å². The van der Waals surface area contributed by atoms with Crippen LogP contribution >= 0.6 is 0 Å². The van der Waals surface area contributed by atoms with E-state index >= 15 is 0 Å². The summed E-state index contributed by atoms with van der Waals surface area (Å²) in [6.45, 7) is 18.0. The maximum Gasteiger partial charge on any atom is 0.248 e. The molecule has 2 unspecified atom stereocenters. The molecule has 1 spiro atoms. The van der Waals surface area contributed by atoms with Crippen molar-refractivity contribution >= 4 is 23.4 Å². The number of anilines is 1. The van der Waals surface area contributed by atoms with Gasteiger partial charge in [-0.3, -0.25) is 14.4 Å². The van der Waals surface area contributed by atoms with Gasteiger partial charge >= 0.3 is 0 Å². The average Bonchev–Trinajstić information content (AvgIpc) is 3.56. The largest absolute Gasteiger partial charge is 0.394 e. The van der Waals surface area contributed by atoms with Crippen LogP contribution in [0.3, 0.4) is 0 Å². The molecule has 0 aromatic heterocycles. The molecule has 1 aromatic carbocycles. The summed E-state index contributed by atoms with van der Waals surface area (Å²) in [7, 11) is 0. The van der Waals surface area contributed by atoms with Crippen LogP contribution in [0.1, 0.15) is 60.3 Å². The third-order valence-corrected chi connectivity index (χ3v) is 9.34. The first-order chi connectivity index (χ1) is 19.5. The van der Waals surface area contributed by atoms with E-state index in [4.69, 9.17) is 4.74 Å². The Hall–Kier alpha value is -2.97. The van der Waals surface area contributed by atoms with Crippen LogP contribution in [-0.4, -0.2) is 81.7 Å². The number of nitrogens with zero attached hydrogens (tertiary/aromatic N) is 3. The van der Waals surface area contributed by atoms with Crippen LogP contribution in [0.25, 0.3) is 0 Å². The number of carbonyl (C=O) groups excluding carboxylic acids is 3. The third-order valence-electron chi connectivity index (χ3n) is 9.34. The lowest BCUT2D eigenvalue weighted by Crippen LogP contribution is -2.60. The van der Waals surface area contributed by atoms with Gasteiger partial charge in [0, 0.05) is 24.8 Å². The maximum absolute atomic E-state index is 14.7. The van der Waals surface area contributed by atoms with E-state index in [-0.39, 0.29) is 42.8 Å². The highest BCUT2D eigenvalue weighted by Crippen LogP contribution is 2.65. The predicted octanol–water partition coefficient (Wildman–Crippen LogP) is 4.19. The molecular formula is C33H47N3O5. The van der Waals surface area contributed by atoms with Crippen molar-refractivity contribution in [2.24, 2.45) is 17.8 Å². The van der Waals surface area contributed by atoms with E-state index in [2.05, 4.69) is 13.2 Å². The number of aliphatic hydroxyl groups excluding tert-OH is 1. The number of ether oxygens (including phenoxy) is 1. The van der Waals surface area contributed by atoms with Crippen LogP contribution < -0.4 is 4.90 Å². The molecule has 3 saturated heterocycles. The molecule has 4 rings (SSSR count). The van der Waals surface area contributed by atoms with Gasteiger partial charge in [0.25, 0.3) is 0 Å². The van der Waals surface area contributed by atoms with Crippen molar-refractivity contribution in [3.05, 3.63) is 55.6 Å². The molecule has 1 aromatic rings. The second-order valence-corrected chi connectivity index (χ2v) is 12.5. The Morgan fingerprint density at radius 3 is 2.29 bits per heavy atom. The zero-order valence-electron chi connectivity index (χ0n) is 25.3. The van der Waals surface area contributed by atoms with E-state index in [1.807, 2.05) is 65.0 Å². The summed E-state index contributed by atoms with van der Waals surface area (Å²) < 4.78 is 6.97. The summed E-state index contributed by atoms with van der Waals surface area (Å²) in [6, 6.07) is 7.76. The molecule has 2 bridgehead atoms. The summed E-state index contributed by atoms with van der Waals surface area (Å²) in [5.41, 5.74) is -1.29. The van der Waals surface area contributed by atoms with Crippen molar-refractivity contribution in [1.29, 1.82) is 0 Å². The van der Waals surface area contributed by atoms with Gasteiger partial charge in [-0.05, 0) is 57.6 Å². The summed E-state index contributed by atoms with van der Waals surface area (Å²) in [6.07, 6.45) is 5.52. The quantitative estimate of drug-likeness (QED) is 0.362. The molecular weight excluding hydrogens is 518 g/mol. The van der Waals surface area contributed by atoms with E-state index in [0.717, 1.165) is 5.69 Å². The summed E-state index contributed by atoms with van der Waals surface area (Å²) in [4.78, 5) is 48.7. The molecule has 8 nitrogen and oxygen atoms in total. The summed E-state index contributed by atoms with van der Waals surface area (Å²) in [5.74, 6) is -2.09. The number of para-hydroxylation sites is 1. The number of likely N-dealkylation sites (tertiary alicyclic amines) is 1. The molecule has 6 atom stereocenters. The number of aliphatic hydroxyl groups is 1. The summed E-state index contributed by atoms with van der Waals surface area (Å²) in [5, 5.41) is 10.6. The molecule has 8 heteroatoms. The molecule has 0 saturated carbocycles. The van der Waals surface area contributed by atoms with Crippen LogP contribution in [0.5, 0.6) is 0 Å². The number of benzene rings is 1. The molecule has 224 valence electrons. The van der Waals surface area contributed by atoms with E-state index in [1.54, 1.807) is 26.9 Å². The summed E-state index contributed by atoms with van der Waals surface area (Å²) >= 11 is 0. The second kappa shape index (κ2) is 12.1. The minimum Gasteiger partial charge on any atom is -0.394 e. The topological polar surface area (TPSA) is 90.4 Å². The van der Waals surface area contributed by atoms with E-state index in [0.29, 0.717) is 32.2 Å². The fourth-order valence-corrected chi connectivity index (χ4v) is 7.60. The van der Waals surface area contributed by atoms with Gasteiger partial charge in [-0.2, -0.15) is 0 Å². The molecule has 41 heavy (non-hydrogen) atoms. The standard InChI is InChI=1S/C33H47N3O5/c1-8-18-34(23(6)7)31(40)28-33-17-16-32(10-3,41-33)26(27(33)30(39)36(28)25(21-37)20-22(4)5)29(38)35(19-9-2)24-14-12-11-13-15-24/h8-9,11-15,22-23,25-28,37H,1-2,10,16-21H2,3-7H3/t25-,26+,27+,28?,32-,33?/m1/s1. The SMILES string of the molecule is C=CCN(C(=O)[C@@H]1[C@H]2C(=O)N([C@@H](CO)CC(C)C)C(C(=O)N(CC=C)C(C)C)C23CC[C@@]1(CC)O3)c1ccccc1. The van der Waals surface area contributed by atoms with Gasteiger partial charge in [0.05, 0.1) is 30.1 Å². The van der Waals surface area contributed by atoms with Gasteiger partial charge in [0.1, 0.15) is 11.6 Å². The second-order valence-electron chi connectivity index (χ2n) is 12.5. The first kappa shape index (κ1) is 31.0. The number of fused-ring (bicyclic) bond motifs is 1. The third kappa shape index (κ3) is 5.03. The maximum atomic E-state index is 14.7. The Balaban J connectivity index is 1.88. The first-order valence-corrected chi connectivity index (χ1v) is 15.0. The van der Waals surface area contributed by atoms with Gasteiger partial charge in [-0.1, -0.05) is 51.1 Å². The van der Waals surface area contributed by atoms with E-state index in [1.165, 1.54) is 0 Å². The van der Waals surface area contributed by atoms with Gasteiger partial charge in [0.2, 0.25) is 17.7 Å². The van der Waals surface area contributed by atoms with Crippen LogP contribution in [-0.2, 0) is 19.1 Å². The highest BCUT2D eigenvalue weighted by atomic mass is 16.5. The number of rotatable bonds is 13. The predicted molar refractivity (Wildman–Crippen MR) is 160 cm³/mol. The Morgan fingerprint density at radius 1 is 1.10 bits per heavy atom. The molecule has 3 aliphatic heterocycles. The van der Waals surface area contributed by atoms with Crippen LogP contribution in [0.4, 0.5) is 5.69 Å². The minimum atomic E-state index is -1.15. The number of hydrogen-bond acceptors (Lipinski definition) is 5. The van der Waals surface area contributed by atoms with Crippen molar-refractivity contribution in [1.82, 2.24) is 9.80 Å². The fourth-order valence-electron chi connectivity index (χ4n) is 7.60. The van der Waals surface area contributed by atoms with E-state index < -0.39 is 35.1 Å². The van der Waals surface area contributed by atoms with Crippen molar-refractivity contribution in [2.75, 3.05) is 24.6 Å². The first-order valence-electron chi connectivity index (χ1n) is 15.0. The van der Waals surface area contributed by atoms with Crippen molar-refractivity contribution in [3.63, 3.8) is 0 Å². The fraction of sp³-hybridized carbons (Fsp3) is 0.606. The number of amides is 3. The van der Waals surface area contributed by atoms with Gasteiger partial charge in [0.15, 0.2) is 0 Å². The molecule has 3 fully saturated rings. The normalized spacial score (nSPS) is 29.1. The Labute approximate surface area is 245 Å². The zero-order chi connectivity index (χ0) is 30.1. The minimum absolute atomic E-state index is 0.136. The number of hydrogen-bond donors (Lipinski definition) is 1. The van der Waals surface area contributed by atoms with E-state index in [9.17, 15) is 19.5 Å². The van der Waals surface area contributed by atoms with Crippen molar-refractivity contribution in [2.45, 2.75) is 89.6 Å². The van der Waals surface area contributed by atoms with Gasteiger partial charge in [-0.25, -0.2) is 0 Å². The molecule has 3 heterocycles. The lowest BCUT2D eigenvalue weighted by molar-refractivity contribution is -0.157. The molecule has 0 aliphatic carbocycles. The van der Waals surface area contributed by atoms with Gasteiger partial charge in [-0.15, -0.1) is 13.2 Å². The lowest BCUT2D eigenvalue weighted by Gasteiger charge is -2.41. The highest BCUT2D eigenvalue weighted by molar-refractivity contribution is 6.03. The highest BCUT2D eigenvalue weighted by Gasteiger charge is 2.79. The van der Waals surface area contributed by atoms with Crippen LogP contribution in [0, 0.1) is 17.8 Å². The average molecular weight is 566 g/mol.